The molecule has 0 saturated heterocycles. The molecule has 0 rings (SSSR count). The summed E-state index contributed by atoms with van der Waals surface area (Å²) in [5, 5.41) is 29.6. The molecule has 4 N–H and O–H groups in total. The minimum atomic E-state index is -0.162. The van der Waals surface area contributed by atoms with Crippen molar-refractivity contribution in [3.63, 3.8) is 0 Å². The molecule has 32 heavy (non-hydrogen) atoms. The molecule has 216 valence electrons. The maximum atomic E-state index is 8.99. The van der Waals surface area contributed by atoms with Crippen LogP contribution in [0.5, 0.6) is 0 Å². The molecular formula is C26H79N3O3. The second-order valence-corrected chi connectivity index (χ2v) is 6.27. The van der Waals surface area contributed by atoms with E-state index in [1.165, 1.54) is 0 Å². The standard InChI is InChI=1S/2C6H15NO.C5H13NO.9CH4/c2*1-4-6(8)5-7(2)3;1-3-5(7)4-6-2;;;;;;;;;/h2*6,8H,4-5H2,1-3H3;5-7H,3-4H2,1-2H3;9*1H4. The summed E-state index contributed by atoms with van der Waals surface area (Å²) in [6.07, 6.45) is 2.07. The van der Waals surface area contributed by atoms with Crippen molar-refractivity contribution in [1.29, 1.82) is 0 Å². The maximum Gasteiger partial charge on any atom is 0.0664 e. The fraction of sp³-hybridized carbons (Fsp3) is 1.00. The second kappa shape index (κ2) is 57.5. The molecule has 0 radical (unpaired) electrons. The molecule has 0 heterocycles. The van der Waals surface area contributed by atoms with Crippen molar-refractivity contribution in [2.75, 3.05) is 54.9 Å². The molecule has 3 atom stereocenters. The van der Waals surface area contributed by atoms with Crippen LogP contribution in [0, 0.1) is 0 Å². The predicted octanol–water partition coefficient (Wildman–Crippen LogP) is 6.34. The van der Waals surface area contributed by atoms with Gasteiger partial charge in [0, 0.05) is 19.6 Å². The van der Waals surface area contributed by atoms with Crippen molar-refractivity contribution >= 4 is 0 Å². The summed E-state index contributed by atoms with van der Waals surface area (Å²) in [5.41, 5.74) is 0. The number of hydrogen-bond acceptors (Lipinski definition) is 6. The third-order valence-corrected chi connectivity index (χ3v) is 3.01. The minimum absolute atomic E-state index is 0. The lowest BCUT2D eigenvalue weighted by Crippen LogP contribution is -2.24. The van der Waals surface area contributed by atoms with Crippen molar-refractivity contribution in [2.24, 2.45) is 0 Å². The normalized spacial score (nSPS) is 10.4. The molecule has 0 aromatic carbocycles. The average molecular weight is 482 g/mol. The van der Waals surface area contributed by atoms with Crippen LogP contribution in [0.3, 0.4) is 0 Å². The van der Waals surface area contributed by atoms with Crippen molar-refractivity contribution in [3.8, 4) is 0 Å². The molecule has 0 bridgehead atoms. The molecule has 0 aromatic heterocycles. The zero-order valence-corrected chi connectivity index (χ0v) is 16.7. The second-order valence-electron chi connectivity index (χ2n) is 6.27. The van der Waals surface area contributed by atoms with Gasteiger partial charge in [-0.05, 0) is 54.5 Å². The molecule has 0 spiro atoms. The number of rotatable bonds is 9. The van der Waals surface area contributed by atoms with E-state index in [0.29, 0.717) is 6.54 Å². The van der Waals surface area contributed by atoms with E-state index in [9.17, 15) is 0 Å². The molecule has 0 amide bonds. The average Bonchev–Trinajstić information content (AvgIpc) is 2.47. The minimum Gasteiger partial charge on any atom is -0.392 e. The molecule has 0 saturated carbocycles. The van der Waals surface area contributed by atoms with Crippen LogP contribution in [0.15, 0.2) is 0 Å². The first-order valence-electron chi connectivity index (χ1n) is 8.62. The third kappa shape index (κ3) is 87.6. The van der Waals surface area contributed by atoms with Crippen molar-refractivity contribution in [2.45, 2.75) is 125 Å². The first-order valence-corrected chi connectivity index (χ1v) is 8.62. The van der Waals surface area contributed by atoms with Gasteiger partial charge >= 0.3 is 0 Å². The van der Waals surface area contributed by atoms with Gasteiger partial charge in [0.05, 0.1) is 18.3 Å². The molecular weight excluding hydrogens is 402 g/mol. The van der Waals surface area contributed by atoms with Gasteiger partial charge in [-0.25, -0.2) is 0 Å². The molecule has 3 unspecified atom stereocenters. The Morgan fingerprint density at radius 1 is 0.531 bits per heavy atom. The zero-order valence-electron chi connectivity index (χ0n) is 16.7. The Balaban J connectivity index is -0.0000000165. The molecule has 0 aliphatic carbocycles. The summed E-state index contributed by atoms with van der Waals surface area (Å²) in [4.78, 5) is 3.96. The largest absolute Gasteiger partial charge is 0.392 e. The van der Waals surface area contributed by atoms with E-state index in [2.05, 4.69) is 5.32 Å². The monoisotopic (exact) mass is 482 g/mol. The van der Waals surface area contributed by atoms with Crippen LogP contribution in [-0.4, -0.2) is 98.3 Å². The summed E-state index contributed by atoms with van der Waals surface area (Å²) >= 11 is 0. The van der Waals surface area contributed by atoms with E-state index >= 15 is 0 Å². The van der Waals surface area contributed by atoms with Gasteiger partial charge in [0.1, 0.15) is 0 Å². The molecule has 0 fully saturated rings. The number of nitrogens with zero attached hydrogens (tertiary/aromatic N) is 2. The Bertz CT molecular complexity index is 204. The van der Waals surface area contributed by atoms with Gasteiger partial charge in [0.25, 0.3) is 0 Å². The topological polar surface area (TPSA) is 79.2 Å². The SMILES string of the molecule is C.C.C.C.C.C.C.C.C.CCC(O)CN(C)C.CCC(O)CN(C)C.CCC(O)CNC. The van der Waals surface area contributed by atoms with Crippen LogP contribution in [0.25, 0.3) is 0 Å². The molecule has 6 heteroatoms. The lowest BCUT2D eigenvalue weighted by molar-refractivity contribution is 0.133. The van der Waals surface area contributed by atoms with Crippen LogP contribution < -0.4 is 5.32 Å². The highest BCUT2D eigenvalue weighted by Gasteiger charge is 2.00. The number of hydrogen-bond donors (Lipinski definition) is 4. The first kappa shape index (κ1) is 77.0. The lowest BCUT2D eigenvalue weighted by Gasteiger charge is -2.13. The third-order valence-electron chi connectivity index (χ3n) is 3.01. The molecule has 6 nitrogen and oxygen atoms in total. The summed E-state index contributed by atoms with van der Waals surface area (Å²) in [7, 11) is 9.66. The van der Waals surface area contributed by atoms with Gasteiger partial charge in [-0.2, -0.15) is 0 Å². The summed E-state index contributed by atoms with van der Waals surface area (Å²) in [5.74, 6) is 0. The van der Waals surface area contributed by atoms with Crippen molar-refractivity contribution < 1.29 is 15.3 Å². The fourth-order valence-electron chi connectivity index (χ4n) is 1.48. The van der Waals surface area contributed by atoms with Gasteiger partial charge in [-0.3, -0.25) is 0 Å². The van der Waals surface area contributed by atoms with E-state index < -0.39 is 0 Å². The first-order chi connectivity index (χ1) is 10.6. The number of aliphatic hydroxyl groups is 3. The van der Waals surface area contributed by atoms with Gasteiger partial charge in [-0.1, -0.05) is 87.6 Å². The molecule has 0 aliphatic heterocycles. The Labute approximate surface area is 210 Å². The molecule has 0 aromatic rings. The quantitative estimate of drug-likeness (QED) is 0.308. The van der Waals surface area contributed by atoms with Crippen molar-refractivity contribution in [1.82, 2.24) is 15.1 Å². The van der Waals surface area contributed by atoms with Gasteiger partial charge in [-0.15, -0.1) is 0 Å². The van der Waals surface area contributed by atoms with Crippen LogP contribution in [0.1, 0.15) is 107 Å². The van der Waals surface area contributed by atoms with E-state index in [1.54, 1.807) is 0 Å². The van der Waals surface area contributed by atoms with E-state index in [-0.39, 0.29) is 85.2 Å². The number of aliphatic hydroxyl groups excluding tert-OH is 3. The lowest BCUT2D eigenvalue weighted by atomic mass is 10.3. The maximum absolute atomic E-state index is 8.99. The van der Waals surface area contributed by atoms with Crippen LogP contribution in [0.4, 0.5) is 0 Å². The van der Waals surface area contributed by atoms with Crippen LogP contribution in [0.2, 0.25) is 0 Å². The van der Waals surface area contributed by atoms with Gasteiger partial charge in [0.2, 0.25) is 0 Å². The highest BCUT2D eigenvalue weighted by atomic mass is 16.3. The Morgan fingerprint density at radius 3 is 0.812 bits per heavy atom. The van der Waals surface area contributed by atoms with Crippen LogP contribution >= 0.6 is 0 Å². The van der Waals surface area contributed by atoms with Crippen LogP contribution in [-0.2, 0) is 0 Å². The highest BCUT2D eigenvalue weighted by molar-refractivity contribution is 4.54. The van der Waals surface area contributed by atoms with Crippen molar-refractivity contribution in [3.05, 3.63) is 0 Å². The van der Waals surface area contributed by atoms with Gasteiger partial charge < -0.3 is 30.4 Å². The van der Waals surface area contributed by atoms with Gasteiger partial charge in [0.15, 0.2) is 0 Å². The van der Waals surface area contributed by atoms with E-state index in [1.807, 2.05) is 65.8 Å². The predicted molar refractivity (Wildman–Crippen MR) is 161 cm³/mol. The molecule has 0 aliphatic rings. The Morgan fingerprint density at radius 2 is 0.750 bits per heavy atom. The Hall–Kier alpha value is -0.240. The zero-order chi connectivity index (χ0) is 18.8. The Kier molecular flexibility index (Phi) is 138. The van der Waals surface area contributed by atoms with E-state index in [0.717, 1.165) is 32.4 Å². The summed E-state index contributed by atoms with van der Waals surface area (Å²) < 4.78 is 0. The summed E-state index contributed by atoms with van der Waals surface area (Å²) in [6, 6.07) is 0. The fourth-order valence-corrected chi connectivity index (χ4v) is 1.48. The highest BCUT2D eigenvalue weighted by Crippen LogP contribution is 1.90. The number of nitrogens with one attached hydrogen (secondary N) is 1. The smallest absolute Gasteiger partial charge is 0.0664 e. The van der Waals surface area contributed by atoms with E-state index in [4.69, 9.17) is 15.3 Å². The number of likely N-dealkylation sites (N-methyl/N-ethyl adjacent to an activating group) is 3. The summed E-state index contributed by atoms with van der Waals surface area (Å²) in [6.45, 7) is 8.17.